The summed E-state index contributed by atoms with van der Waals surface area (Å²) in [4.78, 5) is 15.0. The van der Waals surface area contributed by atoms with Gasteiger partial charge in [0.15, 0.2) is 0 Å². The molecule has 1 aromatic rings. The quantitative estimate of drug-likeness (QED) is 0.532. The first-order valence-corrected chi connectivity index (χ1v) is 5.64. The zero-order valence-corrected chi connectivity index (χ0v) is 8.46. The van der Waals surface area contributed by atoms with Crippen molar-refractivity contribution in [3.8, 4) is 0 Å². The van der Waals surface area contributed by atoms with Gasteiger partial charge in [-0.25, -0.2) is 9.97 Å². The predicted molar refractivity (Wildman–Crippen MR) is 45.9 cm³/mol. The summed E-state index contributed by atoms with van der Waals surface area (Å²) in [5, 5.41) is 0. The van der Waals surface area contributed by atoms with Gasteiger partial charge in [0.2, 0.25) is 0 Å². The van der Waals surface area contributed by atoms with E-state index in [0.29, 0.717) is 0 Å². The van der Waals surface area contributed by atoms with E-state index in [9.17, 15) is 13.0 Å². The number of aromatic nitrogens is 2. The van der Waals surface area contributed by atoms with E-state index in [0.717, 1.165) is 0 Å². The Labute approximate surface area is 80.5 Å². The Balaban J connectivity index is 0.000000249. The summed E-state index contributed by atoms with van der Waals surface area (Å²) in [5.74, 6) is 0. The molecule has 1 heterocycles. The van der Waals surface area contributed by atoms with Crippen LogP contribution in [0.3, 0.4) is 0 Å². The van der Waals surface area contributed by atoms with Crippen molar-refractivity contribution in [2.75, 3.05) is 0 Å². The lowest BCUT2D eigenvalue weighted by Crippen LogP contribution is -1.95. The van der Waals surface area contributed by atoms with Gasteiger partial charge in [-0.05, 0) is 6.07 Å². The molecular weight excluding hydrogens is 235 g/mol. The summed E-state index contributed by atoms with van der Waals surface area (Å²) in [5.41, 5.74) is 0. The zero-order valence-electron chi connectivity index (χ0n) is 6.64. The Morgan fingerprint density at radius 1 is 1.29 bits per heavy atom. The molecule has 0 aliphatic carbocycles. The second-order valence-corrected chi connectivity index (χ2v) is 3.74. The van der Waals surface area contributed by atoms with Crippen molar-refractivity contribution in [2.45, 2.75) is 0 Å². The molecule has 14 heavy (non-hydrogen) atoms. The van der Waals surface area contributed by atoms with Gasteiger partial charge in [-0.3, -0.25) is 9.12 Å². The lowest BCUT2D eigenvalue weighted by molar-refractivity contribution is 0.356. The topological polar surface area (TPSA) is 127 Å². The summed E-state index contributed by atoms with van der Waals surface area (Å²) in [6.07, 6.45) is 4.88. The highest BCUT2D eigenvalue weighted by Gasteiger charge is 2.06. The van der Waals surface area contributed by atoms with Gasteiger partial charge in [-0.1, -0.05) is 0 Å². The molecular formula is C4H7N2O6PS. The Morgan fingerprint density at radius 3 is 1.86 bits per heavy atom. The molecule has 1 unspecified atom stereocenters. The average molecular weight is 242 g/mol. The van der Waals surface area contributed by atoms with Crippen molar-refractivity contribution in [3.05, 3.63) is 24.8 Å². The highest BCUT2D eigenvalue weighted by molar-refractivity contribution is 7.84. The van der Waals surface area contributed by atoms with E-state index in [4.69, 9.17) is 9.45 Å². The standard InChI is InChI=1S/C4H4N2.H3O6PS/c1-2-5-4-6-3-1;1-7(2)6-8(3,4)5/h1-4H;7H,(H,1,2)(H,3,4,5). The van der Waals surface area contributed by atoms with Crippen LogP contribution in [-0.4, -0.2) is 27.8 Å². The van der Waals surface area contributed by atoms with Crippen LogP contribution in [0.2, 0.25) is 0 Å². The fourth-order valence-electron chi connectivity index (χ4n) is 0.343. The van der Waals surface area contributed by atoms with Crippen LogP contribution in [-0.2, 0) is 18.9 Å². The first-order valence-electron chi connectivity index (χ1n) is 3.01. The van der Waals surface area contributed by atoms with Crippen LogP contribution in [0.25, 0.3) is 0 Å². The maximum Gasteiger partial charge on any atom is 0.404 e. The molecule has 0 aliphatic rings. The van der Waals surface area contributed by atoms with Crippen molar-refractivity contribution in [1.29, 1.82) is 0 Å². The third-order valence-corrected chi connectivity index (χ3v) is 2.07. The highest BCUT2D eigenvalue weighted by atomic mass is 32.3. The molecule has 0 amide bonds. The molecule has 0 spiro atoms. The Morgan fingerprint density at radius 2 is 1.79 bits per heavy atom. The zero-order chi connectivity index (χ0) is 11.0. The largest absolute Gasteiger partial charge is 0.404 e. The van der Waals surface area contributed by atoms with Crippen molar-refractivity contribution >= 4 is 18.7 Å². The molecule has 1 rings (SSSR count). The third-order valence-electron chi connectivity index (χ3n) is 0.654. The van der Waals surface area contributed by atoms with Gasteiger partial charge in [-0.2, -0.15) is 12.4 Å². The summed E-state index contributed by atoms with van der Waals surface area (Å²) in [6, 6.07) is 1.78. The summed E-state index contributed by atoms with van der Waals surface area (Å²) < 4.78 is 39.0. The van der Waals surface area contributed by atoms with Gasteiger partial charge < -0.3 is 4.89 Å². The number of hydrogen-bond donors (Lipinski definition) is 2. The molecule has 1 aromatic heterocycles. The van der Waals surface area contributed by atoms with E-state index in [-0.39, 0.29) is 0 Å². The van der Waals surface area contributed by atoms with Gasteiger partial charge in [0, 0.05) is 12.4 Å². The maximum atomic E-state index is 9.44. The van der Waals surface area contributed by atoms with Crippen LogP contribution in [0.1, 0.15) is 0 Å². The number of rotatable bonds is 2. The van der Waals surface area contributed by atoms with Crippen molar-refractivity contribution in [2.24, 2.45) is 0 Å². The van der Waals surface area contributed by atoms with Gasteiger partial charge in [0.05, 0.1) is 0 Å². The average Bonchev–Trinajstić information content (AvgIpc) is 2.03. The van der Waals surface area contributed by atoms with Crippen LogP contribution in [0.5, 0.6) is 0 Å². The van der Waals surface area contributed by atoms with Crippen molar-refractivity contribution < 1.29 is 26.4 Å². The minimum Gasteiger partial charge on any atom is -0.326 e. The van der Waals surface area contributed by atoms with Crippen LogP contribution < -0.4 is 0 Å². The molecule has 0 fully saturated rings. The first-order chi connectivity index (χ1) is 6.42. The fourth-order valence-corrected chi connectivity index (χ4v) is 1.06. The molecule has 80 valence electrons. The van der Waals surface area contributed by atoms with E-state index in [1.165, 1.54) is 6.33 Å². The van der Waals surface area contributed by atoms with E-state index in [2.05, 4.69) is 13.9 Å². The molecule has 0 bridgehead atoms. The molecule has 0 saturated heterocycles. The summed E-state index contributed by atoms with van der Waals surface area (Å²) in [6.45, 7) is 0. The van der Waals surface area contributed by atoms with E-state index in [1.54, 1.807) is 18.5 Å². The third kappa shape index (κ3) is 11.1. The number of hydrogen-bond acceptors (Lipinski definition) is 6. The Bertz CT molecular complexity index is 340. The molecule has 1 atom stereocenters. The Hall–Kier alpha value is -0.860. The van der Waals surface area contributed by atoms with Crippen LogP contribution in [0, 0.1) is 0 Å². The smallest absolute Gasteiger partial charge is 0.326 e. The Kier molecular flexibility index (Phi) is 6.17. The lowest BCUT2D eigenvalue weighted by atomic mass is 10.7. The van der Waals surface area contributed by atoms with Crippen LogP contribution in [0.15, 0.2) is 24.8 Å². The monoisotopic (exact) mass is 242 g/mol. The fraction of sp³-hybridized carbons (Fsp3) is 0. The van der Waals surface area contributed by atoms with E-state index >= 15 is 0 Å². The molecule has 0 saturated carbocycles. The maximum absolute atomic E-state index is 9.44. The summed E-state index contributed by atoms with van der Waals surface area (Å²) in [7, 11) is -8.32. The van der Waals surface area contributed by atoms with E-state index < -0.39 is 18.7 Å². The number of nitrogens with zero attached hydrogens (tertiary/aromatic N) is 2. The summed E-state index contributed by atoms with van der Waals surface area (Å²) >= 11 is 0. The van der Waals surface area contributed by atoms with Gasteiger partial charge >= 0.3 is 18.7 Å². The highest BCUT2D eigenvalue weighted by Crippen LogP contribution is 2.16. The molecule has 10 heteroatoms. The van der Waals surface area contributed by atoms with E-state index in [1.807, 2.05) is 0 Å². The van der Waals surface area contributed by atoms with Crippen molar-refractivity contribution in [1.82, 2.24) is 9.97 Å². The van der Waals surface area contributed by atoms with Gasteiger partial charge in [-0.15, -0.1) is 0 Å². The first kappa shape index (κ1) is 13.1. The van der Waals surface area contributed by atoms with Crippen LogP contribution in [0.4, 0.5) is 0 Å². The molecule has 0 radical (unpaired) electrons. The normalized spacial score (nSPS) is 12.4. The van der Waals surface area contributed by atoms with Crippen molar-refractivity contribution in [3.63, 3.8) is 0 Å². The van der Waals surface area contributed by atoms with Gasteiger partial charge in [0.25, 0.3) is 0 Å². The second kappa shape index (κ2) is 6.57. The predicted octanol–water partition coefficient (Wildman–Crippen LogP) is -0.336. The SMILES string of the molecule is O=[PH](O)OS(=O)(=O)O.c1cncnc1. The van der Waals surface area contributed by atoms with Crippen LogP contribution >= 0.6 is 8.25 Å². The minimum absolute atomic E-state index is 1.50. The molecule has 0 aliphatic heterocycles. The van der Waals surface area contributed by atoms with Gasteiger partial charge in [0.1, 0.15) is 6.33 Å². The second-order valence-electron chi connectivity index (χ2n) is 1.68. The molecule has 0 aromatic carbocycles. The molecule has 2 N–H and O–H groups in total. The minimum atomic E-state index is -4.74. The lowest BCUT2D eigenvalue weighted by Gasteiger charge is -1.88. The molecule has 8 nitrogen and oxygen atoms in total.